The standard InChI is InChI=1S/C25H27N3O4S/c1-25(2,3)24-26-17-21(23(28-24)32-20-12-8-5-9-13-20)22(29)27-19(14-15-33(30)31)16-18-10-6-4-7-11-18/h4-15,17,19H,16H2,1-3H3,(H,27,29)(H,30,31)/p-1/b15-14-/t19-/m1/s1. The fourth-order valence-electron chi connectivity index (χ4n) is 3.00. The highest BCUT2D eigenvalue weighted by Crippen LogP contribution is 2.27. The Bertz CT molecular complexity index is 1130. The summed E-state index contributed by atoms with van der Waals surface area (Å²) in [5.41, 5.74) is 0.756. The molecule has 0 saturated heterocycles. The minimum atomic E-state index is -2.38. The van der Waals surface area contributed by atoms with Crippen LogP contribution in [0.1, 0.15) is 42.5 Å². The van der Waals surface area contributed by atoms with Crippen molar-refractivity contribution in [3.8, 4) is 11.6 Å². The average Bonchev–Trinajstić information content (AvgIpc) is 2.78. The molecule has 3 rings (SSSR count). The predicted molar refractivity (Wildman–Crippen MR) is 127 cm³/mol. The van der Waals surface area contributed by atoms with Crippen LogP contribution in [0.15, 0.2) is 78.3 Å². The molecule has 1 amide bonds. The molecule has 1 heterocycles. The largest absolute Gasteiger partial charge is 0.769 e. The van der Waals surface area contributed by atoms with Crippen LogP contribution in [-0.2, 0) is 22.9 Å². The fraction of sp³-hybridized carbons (Fsp3) is 0.240. The van der Waals surface area contributed by atoms with Crippen LogP contribution < -0.4 is 10.1 Å². The summed E-state index contributed by atoms with van der Waals surface area (Å²) in [4.78, 5) is 22.1. The van der Waals surface area contributed by atoms with Gasteiger partial charge >= 0.3 is 0 Å². The molecule has 0 aliphatic carbocycles. The third kappa shape index (κ3) is 7.34. The highest BCUT2D eigenvalue weighted by atomic mass is 32.2. The summed E-state index contributed by atoms with van der Waals surface area (Å²) in [6, 6.07) is 18.0. The van der Waals surface area contributed by atoms with Gasteiger partial charge in [-0.1, -0.05) is 75.4 Å². The number of para-hydroxylation sites is 1. The molecule has 0 fully saturated rings. The number of rotatable bonds is 8. The Kier molecular flexibility index (Phi) is 8.08. The number of hydrogen-bond donors (Lipinski definition) is 1. The number of aromatic nitrogens is 2. The number of carbonyl (C=O) groups is 1. The van der Waals surface area contributed by atoms with Gasteiger partial charge in [-0.25, -0.2) is 4.98 Å². The molecule has 0 radical (unpaired) electrons. The number of nitrogens with one attached hydrogen (secondary N) is 1. The molecule has 0 aliphatic heterocycles. The summed E-state index contributed by atoms with van der Waals surface area (Å²) in [6.07, 6.45) is 3.29. The first kappa shape index (κ1) is 24.3. The van der Waals surface area contributed by atoms with E-state index < -0.39 is 23.0 Å². The maximum atomic E-state index is 13.2. The van der Waals surface area contributed by atoms with E-state index in [2.05, 4.69) is 15.3 Å². The fourth-order valence-corrected chi connectivity index (χ4v) is 3.32. The lowest BCUT2D eigenvalue weighted by atomic mass is 9.95. The first-order chi connectivity index (χ1) is 15.7. The van der Waals surface area contributed by atoms with E-state index >= 15 is 0 Å². The Hall–Kier alpha value is -3.36. The number of benzene rings is 2. The van der Waals surface area contributed by atoms with Crippen molar-refractivity contribution in [3.05, 3.63) is 95.3 Å². The van der Waals surface area contributed by atoms with Crippen LogP contribution in [0, 0.1) is 0 Å². The first-order valence-electron chi connectivity index (χ1n) is 10.4. The molecule has 0 spiro atoms. The van der Waals surface area contributed by atoms with E-state index in [0.29, 0.717) is 18.0 Å². The molecule has 33 heavy (non-hydrogen) atoms. The molecule has 2 aromatic carbocycles. The molecule has 3 aromatic rings. The average molecular weight is 465 g/mol. The number of ether oxygens (including phenoxy) is 1. The maximum Gasteiger partial charge on any atom is 0.258 e. The third-order valence-electron chi connectivity index (χ3n) is 4.66. The summed E-state index contributed by atoms with van der Waals surface area (Å²) in [7, 11) is 0. The minimum Gasteiger partial charge on any atom is -0.769 e. The van der Waals surface area contributed by atoms with Gasteiger partial charge in [-0.05, 0) is 40.6 Å². The van der Waals surface area contributed by atoms with Gasteiger partial charge in [0.1, 0.15) is 17.1 Å². The molecular weight excluding hydrogens is 438 g/mol. The van der Waals surface area contributed by atoms with Crippen LogP contribution in [0.5, 0.6) is 11.6 Å². The quantitative estimate of drug-likeness (QED) is 0.499. The van der Waals surface area contributed by atoms with Gasteiger partial charge in [-0.2, -0.15) is 4.98 Å². The smallest absolute Gasteiger partial charge is 0.258 e. The highest BCUT2D eigenvalue weighted by Gasteiger charge is 2.24. The van der Waals surface area contributed by atoms with Crippen molar-refractivity contribution in [2.45, 2.75) is 38.6 Å². The molecule has 1 unspecified atom stereocenters. The lowest BCUT2D eigenvalue weighted by Crippen LogP contribution is -2.35. The van der Waals surface area contributed by atoms with Gasteiger partial charge in [-0.15, -0.1) is 0 Å². The van der Waals surface area contributed by atoms with E-state index in [1.54, 1.807) is 12.1 Å². The topological polar surface area (TPSA) is 104 Å². The summed E-state index contributed by atoms with van der Waals surface area (Å²) >= 11 is -2.38. The Morgan fingerprint density at radius 1 is 1.12 bits per heavy atom. The normalized spacial score (nSPS) is 13.5. The number of carbonyl (C=O) groups excluding carboxylic acids is 1. The number of nitrogens with zero attached hydrogens (tertiary/aromatic N) is 2. The van der Waals surface area contributed by atoms with Crippen molar-refractivity contribution in [1.82, 2.24) is 15.3 Å². The van der Waals surface area contributed by atoms with E-state index in [-0.39, 0.29) is 16.9 Å². The summed E-state index contributed by atoms with van der Waals surface area (Å²) in [6.45, 7) is 5.91. The molecule has 1 N–H and O–H groups in total. The van der Waals surface area contributed by atoms with Crippen molar-refractivity contribution in [2.24, 2.45) is 0 Å². The minimum absolute atomic E-state index is 0.133. The highest BCUT2D eigenvalue weighted by molar-refractivity contribution is 7.82. The van der Waals surface area contributed by atoms with E-state index in [1.165, 1.54) is 12.3 Å². The predicted octanol–water partition coefficient (Wildman–Crippen LogP) is 4.30. The molecule has 2 atom stereocenters. The van der Waals surface area contributed by atoms with Crippen molar-refractivity contribution in [1.29, 1.82) is 0 Å². The Balaban J connectivity index is 1.91. The molecular formula is C25H26N3O4S-. The Morgan fingerprint density at radius 3 is 2.36 bits per heavy atom. The van der Waals surface area contributed by atoms with Crippen LogP contribution in [0.4, 0.5) is 0 Å². The zero-order chi connectivity index (χ0) is 23.8. The molecule has 172 valence electrons. The second-order valence-electron chi connectivity index (χ2n) is 8.44. The molecule has 1 aromatic heterocycles. The number of hydrogen-bond acceptors (Lipinski definition) is 6. The molecule has 8 heteroatoms. The van der Waals surface area contributed by atoms with Crippen LogP contribution in [0.25, 0.3) is 0 Å². The van der Waals surface area contributed by atoms with Crippen LogP contribution in [0.3, 0.4) is 0 Å². The number of amides is 1. The van der Waals surface area contributed by atoms with Crippen LogP contribution in [0.2, 0.25) is 0 Å². The molecule has 0 saturated carbocycles. The monoisotopic (exact) mass is 464 g/mol. The first-order valence-corrected chi connectivity index (χ1v) is 11.6. The van der Waals surface area contributed by atoms with Gasteiger partial charge in [0, 0.05) is 11.6 Å². The Morgan fingerprint density at radius 2 is 1.76 bits per heavy atom. The Labute approximate surface area is 196 Å². The van der Waals surface area contributed by atoms with Crippen molar-refractivity contribution in [2.75, 3.05) is 0 Å². The second kappa shape index (κ2) is 11.0. The zero-order valence-corrected chi connectivity index (χ0v) is 19.5. The van der Waals surface area contributed by atoms with Gasteiger partial charge in [0.25, 0.3) is 5.91 Å². The van der Waals surface area contributed by atoms with Crippen molar-refractivity contribution in [3.63, 3.8) is 0 Å². The van der Waals surface area contributed by atoms with Gasteiger partial charge in [0.15, 0.2) is 0 Å². The van der Waals surface area contributed by atoms with E-state index in [1.807, 2.05) is 69.3 Å². The lowest BCUT2D eigenvalue weighted by molar-refractivity contribution is 0.0940. The van der Waals surface area contributed by atoms with E-state index in [4.69, 9.17) is 4.74 Å². The molecule has 0 aliphatic rings. The van der Waals surface area contributed by atoms with Gasteiger partial charge in [0.05, 0.1) is 6.04 Å². The summed E-state index contributed by atoms with van der Waals surface area (Å²) in [5.74, 6) is 0.733. The zero-order valence-electron chi connectivity index (χ0n) is 18.7. The van der Waals surface area contributed by atoms with Gasteiger partial charge in [-0.3, -0.25) is 9.00 Å². The molecule has 7 nitrogen and oxygen atoms in total. The van der Waals surface area contributed by atoms with Crippen LogP contribution >= 0.6 is 0 Å². The summed E-state index contributed by atoms with van der Waals surface area (Å²) < 4.78 is 28.1. The molecule has 0 bridgehead atoms. The van der Waals surface area contributed by atoms with Crippen molar-refractivity contribution >= 4 is 17.0 Å². The van der Waals surface area contributed by atoms with E-state index in [0.717, 1.165) is 11.0 Å². The summed E-state index contributed by atoms with van der Waals surface area (Å²) in [5, 5.41) is 3.88. The van der Waals surface area contributed by atoms with E-state index in [9.17, 15) is 13.6 Å². The SMILES string of the molecule is CC(C)(C)c1ncc(C(=O)N[C@H](/C=C\S(=O)[O-])Cc2ccccc2)c(Oc2ccccc2)n1. The lowest BCUT2D eigenvalue weighted by Gasteiger charge is -2.20. The van der Waals surface area contributed by atoms with Gasteiger partial charge in [0.2, 0.25) is 5.88 Å². The van der Waals surface area contributed by atoms with Gasteiger partial charge < -0.3 is 14.6 Å². The van der Waals surface area contributed by atoms with Crippen molar-refractivity contribution < 1.29 is 18.3 Å². The van der Waals surface area contributed by atoms with Crippen LogP contribution in [-0.4, -0.2) is 30.7 Å². The maximum absolute atomic E-state index is 13.2. The second-order valence-corrected chi connectivity index (χ2v) is 9.23. The third-order valence-corrected chi connectivity index (χ3v) is 5.04.